The van der Waals surface area contributed by atoms with Crippen molar-refractivity contribution in [3.05, 3.63) is 69.1 Å². The van der Waals surface area contributed by atoms with Crippen molar-refractivity contribution >= 4 is 44.7 Å². The average molecular weight is 370 g/mol. The van der Waals surface area contributed by atoms with Crippen molar-refractivity contribution in [3.63, 3.8) is 0 Å². The Morgan fingerprint density at radius 3 is 2.69 bits per heavy atom. The van der Waals surface area contributed by atoms with Crippen LogP contribution in [0.5, 0.6) is 0 Å². The van der Waals surface area contributed by atoms with Crippen molar-refractivity contribution in [2.24, 2.45) is 0 Å². The summed E-state index contributed by atoms with van der Waals surface area (Å²) in [6.45, 7) is 1.18. The van der Waals surface area contributed by atoms with Crippen LogP contribution in [-0.2, 0) is 9.53 Å². The fourth-order valence-electron chi connectivity index (χ4n) is 2.37. The molecule has 1 N–H and O–H groups in total. The van der Waals surface area contributed by atoms with Crippen LogP contribution in [0.25, 0.3) is 10.1 Å². The Morgan fingerprint density at radius 1 is 1.19 bits per heavy atom. The van der Waals surface area contributed by atoms with Crippen molar-refractivity contribution in [3.8, 4) is 0 Å². The second-order valence-corrected chi connectivity index (χ2v) is 6.63. The lowest BCUT2D eigenvalue weighted by atomic mass is 10.2. The monoisotopic (exact) mass is 370 g/mol. The van der Waals surface area contributed by atoms with Gasteiger partial charge in [0.05, 0.1) is 4.92 Å². The second kappa shape index (κ2) is 7.32. The Balaban J connectivity index is 1.64. The standard InChI is InChI=1S/C18H14N2O5S/c1-11-6-7-13(14(8-11)20(23)24)19-17(21)10-25-18(22)16-9-12-4-2-3-5-15(12)26-16/h2-9H,10H2,1H3,(H,19,21). The Kier molecular flexibility index (Phi) is 4.94. The first-order chi connectivity index (χ1) is 12.4. The molecule has 3 aromatic rings. The number of aryl methyl sites for hydroxylation is 1. The first kappa shape index (κ1) is 17.6. The van der Waals surface area contributed by atoms with E-state index in [1.807, 2.05) is 24.3 Å². The van der Waals surface area contributed by atoms with Crippen LogP contribution in [0.2, 0.25) is 0 Å². The molecule has 132 valence electrons. The van der Waals surface area contributed by atoms with Gasteiger partial charge in [-0.3, -0.25) is 14.9 Å². The predicted octanol–water partition coefficient (Wildman–Crippen LogP) is 3.91. The molecule has 26 heavy (non-hydrogen) atoms. The van der Waals surface area contributed by atoms with Crippen molar-refractivity contribution in [1.29, 1.82) is 0 Å². The number of esters is 1. The van der Waals surface area contributed by atoms with Gasteiger partial charge in [-0.05, 0) is 36.1 Å². The number of nitro groups is 1. The van der Waals surface area contributed by atoms with E-state index in [1.54, 1.807) is 19.1 Å². The summed E-state index contributed by atoms with van der Waals surface area (Å²) in [5, 5.41) is 14.4. The van der Waals surface area contributed by atoms with Gasteiger partial charge in [-0.25, -0.2) is 4.79 Å². The number of carbonyl (C=O) groups excluding carboxylic acids is 2. The largest absolute Gasteiger partial charge is 0.451 e. The third kappa shape index (κ3) is 3.86. The molecule has 0 fully saturated rings. The zero-order valence-electron chi connectivity index (χ0n) is 13.7. The van der Waals surface area contributed by atoms with E-state index >= 15 is 0 Å². The number of hydrogen-bond donors (Lipinski definition) is 1. The van der Waals surface area contributed by atoms with Crippen LogP contribution < -0.4 is 5.32 Å². The van der Waals surface area contributed by atoms with E-state index in [9.17, 15) is 19.7 Å². The summed E-state index contributed by atoms with van der Waals surface area (Å²) in [6, 6.07) is 13.7. The van der Waals surface area contributed by atoms with E-state index < -0.39 is 23.4 Å². The smallest absolute Gasteiger partial charge is 0.348 e. The number of rotatable bonds is 5. The highest BCUT2D eigenvalue weighted by molar-refractivity contribution is 7.20. The summed E-state index contributed by atoms with van der Waals surface area (Å²) in [6.07, 6.45) is 0. The minimum Gasteiger partial charge on any atom is -0.451 e. The molecule has 0 unspecified atom stereocenters. The molecule has 0 spiro atoms. The number of thiophene rings is 1. The van der Waals surface area contributed by atoms with Gasteiger partial charge < -0.3 is 10.1 Å². The lowest BCUT2D eigenvalue weighted by Crippen LogP contribution is -2.21. The first-order valence-electron chi connectivity index (χ1n) is 7.64. The Bertz CT molecular complexity index is 979. The molecule has 8 heteroatoms. The number of benzene rings is 2. The molecular weight excluding hydrogens is 356 g/mol. The fraction of sp³-hybridized carbons (Fsp3) is 0.111. The van der Waals surface area contributed by atoms with Gasteiger partial charge in [-0.1, -0.05) is 24.3 Å². The molecule has 0 radical (unpaired) electrons. The van der Waals surface area contributed by atoms with E-state index in [4.69, 9.17) is 4.74 Å². The van der Waals surface area contributed by atoms with Gasteiger partial charge in [0.1, 0.15) is 10.6 Å². The number of amides is 1. The molecule has 1 aromatic heterocycles. The number of nitrogens with one attached hydrogen (secondary N) is 1. The van der Waals surface area contributed by atoms with Gasteiger partial charge >= 0.3 is 5.97 Å². The van der Waals surface area contributed by atoms with Crippen LogP contribution in [-0.4, -0.2) is 23.4 Å². The number of anilines is 1. The Morgan fingerprint density at radius 2 is 1.96 bits per heavy atom. The molecule has 1 amide bonds. The molecule has 0 atom stereocenters. The lowest BCUT2D eigenvalue weighted by Gasteiger charge is -2.07. The van der Waals surface area contributed by atoms with Gasteiger partial charge in [-0.15, -0.1) is 11.3 Å². The molecule has 3 rings (SSSR count). The SMILES string of the molecule is Cc1ccc(NC(=O)COC(=O)c2cc3ccccc3s2)c([N+](=O)[O-])c1. The molecule has 0 saturated carbocycles. The maximum Gasteiger partial charge on any atom is 0.348 e. The lowest BCUT2D eigenvalue weighted by molar-refractivity contribution is -0.384. The molecule has 0 saturated heterocycles. The third-order valence-electron chi connectivity index (χ3n) is 3.59. The molecule has 1 heterocycles. The molecule has 2 aromatic carbocycles. The van der Waals surface area contributed by atoms with E-state index in [0.717, 1.165) is 10.1 Å². The Labute approximate surface area is 152 Å². The van der Waals surface area contributed by atoms with Gasteiger partial charge in [0.25, 0.3) is 11.6 Å². The average Bonchev–Trinajstić information content (AvgIpc) is 3.05. The van der Waals surface area contributed by atoms with Crippen molar-refractivity contribution < 1.29 is 19.2 Å². The van der Waals surface area contributed by atoms with Crippen LogP contribution >= 0.6 is 11.3 Å². The molecular formula is C18H14N2O5S. The quantitative estimate of drug-likeness (QED) is 0.417. The van der Waals surface area contributed by atoms with Crippen molar-refractivity contribution in [1.82, 2.24) is 0 Å². The number of fused-ring (bicyclic) bond motifs is 1. The van der Waals surface area contributed by atoms with E-state index in [-0.39, 0.29) is 11.4 Å². The summed E-state index contributed by atoms with van der Waals surface area (Å²) in [4.78, 5) is 34.9. The zero-order valence-corrected chi connectivity index (χ0v) is 14.5. The zero-order chi connectivity index (χ0) is 18.7. The summed E-state index contributed by atoms with van der Waals surface area (Å²) >= 11 is 1.27. The molecule has 7 nitrogen and oxygen atoms in total. The normalized spacial score (nSPS) is 10.5. The second-order valence-electron chi connectivity index (χ2n) is 5.55. The van der Waals surface area contributed by atoms with E-state index in [2.05, 4.69) is 5.32 Å². The summed E-state index contributed by atoms with van der Waals surface area (Å²) in [5.74, 6) is -1.26. The number of carbonyl (C=O) groups is 2. The first-order valence-corrected chi connectivity index (χ1v) is 8.46. The number of nitrogens with zero attached hydrogens (tertiary/aromatic N) is 1. The van der Waals surface area contributed by atoms with Crippen LogP contribution in [0.15, 0.2) is 48.5 Å². The highest BCUT2D eigenvalue weighted by Gasteiger charge is 2.18. The maximum atomic E-state index is 12.1. The van der Waals surface area contributed by atoms with Crippen LogP contribution in [0, 0.1) is 17.0 Å². The predicted molar refractivity (Wildman–Crippen MR) is 98.6 cm³/mol. The van der Waals surface area contributed by atoms with Crippen molar-refractivity contribution in [2.45, 2.75) is 6.92 Å². The minimum atomic E-state index is -0.647. The Hall–Kier alpha value is -3.26. The highest BCUT2D eigenvalue weighted by atomic mass is 32.1. The van der Waals surface area contributed by atoms with Crippen LogP contribution in [0.4, 0.5) is 11.4 Å². The number of nitro benzene ring substituents is 1. The molecule has 0 bridgehead atoms. The third-order valence-corrected chi connectivity index (χ3v) is 4.68. The highest BCUT2D eigenvalue weighted by Crippen LogP contribution is 2.26. The summed E-state index contributed by atoms with van der Waals surface area (Å²) in [5.41, 5.74) is 0.545. The maximum absolute atomic E-state index is 12.1. The van der Waals surface area contributed by atoms with Gasteiger partial charge in [0.15, 0.2) is 6.61 Å². The molecule has 0 aliphatic rings. The van der Waals surface area contributed by atoms with Gasteiger partial charge in [0, 0.05) is 10.8 Å². The molecule has 0 aliphatic heterocycles. The summed E-state index contributed by atoms with van der Waals surface area (Å²) in [7, 11) is 0. The van der Waals surface area contributed by atoms with Crippen LogP contribution in [0.3, 0.4) is 0 Å². The summed E-state index contributed by atoms with van der Waals surface area (Å²) < 4.78 is 5.95. The van der Waals surface area contributed by atoms with E-state index in [1.165, 1.54) is 23.5 Å². The number of ether oxygens (including phenoxy) is 1. The van der Waals surface area contributed by atoms with Crippen molar-refractivity contribution in [2.75, 3.05) is 11.9 Å². The fourth-order valence-corrected chi connectivity index (χ4v) is 3.33. The van der Waals surface area contributed by atoms with Crippen LogP contribution in [0.1, 0.15) is 15.2 Å². The van der Waals surface area contributed by atoms with Gasteiger partial charge in [0.2, 0.25) is 0 Å². The molecule has 0 aliphatic carbocycles. The van der Waals surface area contributed by atoms with Gasteiger partial charge in [-0.2, -0.15) is 0 Å². The van der Waals surface area contributed by atoms with E-state index in [0.29, 0.717) is 10.4 Å². The topological polar surface area (TPSA) is 98.5 Å². The minimum absolute atomic E-state index is 0.0588. The number of hydrogen-bond acceptors (Lipinski definition) is 6.